The van der Waals surface area contributed by atoms with Gasteiger partial charge in [-0.2, -0.15) is 0 Å². The minimum absolute atomic E-state index is 0.266. The van der Waals surface area contributed by atoms with Crippen molar-refractivity contribution in [3.05, 3.63) is 30.1 Å². The van der Waals surface area contributed by atoms with E-state index in [-0.39, 0.29) is 12.0 Å². The van der Waals surface area contributed by atoms with Crippen molar-refractivity contribution in [1.82, 2.24) is 15.6 Å². The van der Waals surface area contributed by atoms with Gasteiger partial charge >= 0.3 is 5.97 Å². The molecule has 0 amide bonds. The summed E-state index contributed by atoms with van der Waals surface area (Å²) in [6.45, 7) is 1.13. The Bertz CT molecular complexity index is 316. The van der Waals surface area contributed by atoms with Crippen molar-refractivity contribution < 1.29 is 9.53 Å². The number of aromatic nitrogens is 1. The Labute approximate surface area is 95.2 Å². The second-order valence-corrected chi connectivity index (χ2v) is 3.38. The summed E-state index contributed by atoms with van der Waals surface area (Å²) in [6, 6.07) is 3.48. The van der Waals surface area contributed by atoms with Crippen LogP contribution in [-0.4, -0.2) is 37.7 Å². The average molecular weight is 223 g/mol. The largest absolute Gasteiger partial charge is 0.468 e. The highest BCUT2D eigenvalue weighted by Crippen LogP contribution is 1.96. The van der Waals surface area contributed by atoms with Gasteiger partial charge in [0.25, 0.3) is 0 Å². The number of pyridine rings is 1. The SMILES string of the molecule is CNCC(NCc1cccnc1)C(=O)OC. The number of ether oxygens (including phenoxy) is 1. The van der Waals surface area contributed by atoms with Gasteiger partial charge in [0.2, 0.25) is 0 Å². The molecule has 0 spiro atoms. The van der Waals surface area contributed by atoms with Gasteiger partial charge in [-0.1, -0.05) is 6.07 Å². The van der Waals surface area contributed by atoms with Gasteiger partial charge in [0.05, 0.1) is 7.11 Å². The highest BCUT2D eigenvalue weighted by Gasteiger charge is 2.16. The Morgan fingerprint density at radius 2 is 2.44 bits per heavy atom. The molecule has 0 saturated heterocycles. The van der Waals surface area contributed by atoms with Crippen LogP contribution in [0.4, 0.5) is 0 Å². The third-order valence-corrected chi connectivity index (χ3v) is 2.17. The van der Waals surface area contributed by atoms with Crippen LogP contribution in [0.25, 0.3) is 0 Å². The molecule has 0 aliphatic rings. The number of hydrogen-bond acceptors (Lipinski definition) is 5. The Balaban J connectivity index is 2.47. The molecule has 2 N–H and O–H groups in total. The normalized spacial score (nSPS) is 12.1. The Morgan fingerprint density at radius 3 is 3.00 bits per heavy atom. The summed E-state index contributed by atoms with van der Waals surface area (Å²) in [7, 11) is 3.18. The highest BCUT2D eigenvalue weighted by atomic mass is 16.5. The standard InChI is InChI=1S/C11H17N3O2/c1-12-8-10(11(15)16-2)14-7-9-4-3-5-13-6-9/h3-6,10,12,14H,7-8H2,1-2H3. The maximum absolute atomic E-state index is 11.4. The second-order valence-electron chi connectivity index (χ2n) is 3.38. The van der Waals surface area contributed by atoms with Crippen molar-refractivity contribution in [3.8, 4) is 0 Å². The molecule has 0 bridgehead atoms. The van der Waals surface area contributed by atoms with Crippen LogP contribution in [-0.2, 0) is 16.1 Å². The Hall–Kier alpha value is -1.46. The van der Waals surface area contributed by atoms with E-state index < -0.39 is 0 Å². The number of nitrogens with zero attached hydrogens (tertiary/aromatic N) is 1. The van der Waals surface area contributed by atoms with Crippen molar-refractivity contribution in [1.29, 1.82) is 0 Å². The van der Waals surface area contributed by atoms with Crippen LogP contribution < -0.4 is 10.6 Å². The number of hydrogen-bond donors (Lipinski definition) is 2. The van der Waals surface area contributed by atoms with E-state index in [0.717, 1.165) is 5.56 Å². The van der Waals surface area contributed by atoms with E-state index in [9.17, 15) is 4.79 Å². The number of likely N-dealkylation sites (N-methyl/N-ethyl adjacent to an activating group) is 1. The van der Waals surface area contributed by atoms with Crippen LogP contribution >= 0.6 is 0 Å². The summed E-state index contributed by atoms with van der Waals surface area (Å²) < 4.78 is 4.70. The second kappa shape index (κ2) is 6.92. The van der Waals surface area contributed by atoms with E-state index >= 15 is 0 Å². The van der Waals surface area contributed by atoms with E-state index in [2.05, 4.69) is 15.6 Å². The van der Waals surface area contributed by atoms with E-state index in [1.807, 2.05) is 12.1 Å². The summed E-state index contributed by atoms with van der Waals surface area (Å²) >= 11 is 0. The molecule has 0 aliphatic heterocycles. The molecule has 1 rings (SSSR count). The number of rotatable bonds is 6. The zero-order chi connectivity index (χ0) is 11.8. The summed E-state index contributed by atoms with van der Waals surface area (Å²) in [6.07, 6.45) is 3.48. The zero-order valence-electron chi connectivity index (χ0n) is 9.56. The van der Waals surface area contributed by atoms with Crippen molar-refractivity contribution in [2.24, 2.45) is 0 Å². The van der Waals surface area contributed by atoms with Crippen LogP contribution in [0.5, 0.6) is 0 Å². The van der Waals surface area contributed by atoms with Gasteiger partial charge in [-0.05, 0) is 18.7 Å². The predicted octanol–water partition coefficient (Wildman–Crippen LogP) is -0.0678. The summed E-state index contributed by atoms with van der Waals surface area (Å²) in [5.41, 5.74) is 1.03. The Kier molecular flexibility index (Phi) is 5.45. The fourth-order valence-electron chi connectivity index (χ4n) is 1.33. The van der Waals surface area contributed by atoms with Crippen molar-refractivity contribution in [2.45, 2.75) is 12.6 Å². The number of nitrogens with one attached hydrogen (secondary N) is 2. The summed E-state index contributed by atoms with van der Waals surface area (Å²) in [5, 5.41) is 6.05. The van der Waals surface area contributed by atoms with Gasteiger partial charge in [0.1, 0.15) is 6.04 Å². The van der Waals surface area contributed by atoms with Crippen LogP contribution in [0.2, 0.25) is 0 Å². The quantitative estimate of drug-likeness (QED) is 0.661. The van der Waals surface area contributed by atoms with Crippen molar-refractivity contribution >= 4 is 5.97 Å². The molecule has 5 heteroatoms. The van der Waals surface area contributed by atoms with Crippen LogP contribution in [0.1, 0.15) is 5.56 Å². The smallest absolute Gasteiger partial charge is 0.324 e. The molecule has 0 radical (unpaired) electrons. The molecule has 1 atom stereocenters. The fourth-order valence-corrected chi connectivity index (χ4v) is 1.33. The lowest BCUT2D eigenvalue weighted by Crippen LogP contribution is -2.44. The molecule has 16 heavy (non-hydrogen) atoms. The van der Waals surface area contributed by atoms with Gasteiger partial charge in [-0.15, -0.1) is 0 Å². The van der Waals surface area contributed by atoms with Gasteiger partial charge in [0.15, 0.2) is 0 Å². The van der Waals surface area contributed by atoms with Crippen molar-refractivity contribution in [3.63, 3.8) is 0 Å². The maximum atomic E-state index is 11.4. The molecule has 1 heterocycles. The fraction of sp³-hybridized carbons (Fsp3) is 0.455. The Morgan fingerprint density at radius 1 is 1.62 bits per heavy atom. The summed E-state index contributed by atoms with van der Waals surface area (Å²) in [4.78, 5) is 15.4. The van der Waals surface area contributed by atoms with Crippen molar-refractivity contribution in [2.75, 3.05) is 20.7 Å². The molecule has 0 saturated carbocycles. The van der Waals surface area contributed by atoms with Gasteiger partial charge in [-0.25, -0.2) is 0 Å². The molecule has 1 aromatic heterocycles. The number of carbonyl (C=O) groups excluding carboxylic acids is 1. The lowest BCUT2D eigenvalue weighted by Gasteiger charge is -2.15. The molecule has 0 aromatic carbocycles. The molecule has 1 aromatic rings. The van der Waals surface area contributed by atoms with E-state index in [4.69, 9.17) is 4.74 Å². The van der Waals surface area contributed by atoms with Gasteiger partial charge in [-0.3, -0.25) is 15.1 Å². The molecule has 1 unspecified atom stereocenters. The number of carbonyl (C=O) groups is 1. The molecule has 5 nitrogen and oxygen atoms in total. The van der Waals surface area contributed by atoms with Crippen LogP contribution in [0.3, 0.4) is 0 Å². The third kappa shape index (κ3) is 3.96. The first-order chi connectivity index (χ1) is 7.77. The van der Waals surface area contributed by atoms with E-state index in [1.54, 1.807) is 19.4 Å². The van der Waals surface area contributed by atoms with Crippen LogP contribution in [0.15, 0.2) is 24.5 Å². The zero-order valence-corrected chi connectivity index (χ0v) is 9.56. The lowest BCUT2D eigenvalue weighted by molar-refractivity contribution is -0.143. The first-order valence-electron chi connectivity index (χ1n) is 5.12. The molecule has 0 fully saturated rings. The van der Waals surface area contributed by atoms with Gasteiger partial charge < -0.3 is 10.1 Å². The molecular weight excluding hydrogens is 206 g/mol. The van der Waals surface area contributed by atoms with E-state index in [0.29, 0.717) is 13.1 Å². The maximum Gasteiger partial charge on any atom is 0.324 e. The molecule has 0 aliphatic carbocycles. The minimum Gasteiger partial charge on any atom is -0.468 e. The number of methoxy groups -OCH3 is 1. The molecule has 88 valence electrons. The third-order valence-electron chi connectivity index (χ3n) is 2.17. The topological polar surface area (TPSA) is 63.2 Å². The highest BCUT2D eigenvalue weighted by molar-refractivity contribution is 5.75. The van der Waals surface area contributed by atoms with E-state index in [1.165, 1.54) is 7.11 Å². The minimum atomic E-state index is -0.338. The monoisotopic (exact) mass is 223 g/mol. The summed E-state index contributed by atoms with van der Waals surface area (Å²) in [5.74, 6) is -0.266. The first-order valence-corrected chi connectivity index (χ1v) is 5.12. The van der Waals surface area contributed by atoms with Crippen LogP contribution in [0, 0.1) is 0 Å². The number of esters is 1. The predicted molar refractivity (Wildman–Crippen MR) is 60.8 cm³/mol. The first kappa shape index (κ1) is 12.6. The lowest BCUT2D eigenvalue weighted by atomic mass is 10.2. The molecular formula is C11H17N3O2. The average Bonchev–Trinajstić information content (AvgIpc) is 2.34. The van der Waals surface area contributed by atoms with Gasteiger partial charge in [0, 0.05) is 25.5 Å².